The molecular formula is C14H19F2NO. The van der Waals surface area contributed by atoms with E-state index in [9.17, 15) is 8.78 Å². The van der Waals surface area contributed by atoms with Gasteiger partial charge in [-0.15, -0.1) is 0 Å². The quantitative estimate of drug-likeness (QED) is 0.895. The lowest BCUT2D eigenvalue weighted by atomic mass is 9.84. The lowest BCUT2D eigenvalue weighted by molar-refractivity contribution is -0.0896. The molecule has 0 saturated carbocycles. The van der Waals surface area contributed by atoms with Crippen molar-refractivity contribution in [3.63, 3.8) is 0 Å². The Labute approximate surface area is 106 Å². The highest BCUT2D eigenvalue weighted by atomic mass is 19.1. The summed E-state index contributed by atoms with van der Waals surface area (Å²) in [6.07, 6.45) is 2.82. The van der Waals surface area contributed by atoms with Crippen molar-refractivity contribution in [3.05, 3.63) is 35.4 Å². The van der Waals surface area contributed by atoms with Crippen LogP contribution in [0.5, 0.6) is 0 Å². The molecule has 18 heavy (non-hydrogen) atoms. The van der Waals surface area contributed by atoms with Crippen LogP contribution in [0.3, 0.4) is 0 Å². The lowest BCUT2D eigenvalue weighted by Gasteiger charge is -2.40. The minimum atomic E-state index is -0.559. The van der Waals surface area contributed by atoms with Crippen LogP contribution in [0, 0.1) is 11.6 Å². The molecule has 2 unspecified atom stereocenters. The maximum Gasteiger partial charge on any atom is 0.131 e. The molecule has 2 nitrogen and oxygen atoms in total. The van der Waals surface area contributed by atoms with E-state index in [1.807, 2.05) is 6.92 Å². The summed E-state index contributed by atoms with van der Waals surface area (Å²) in [6, 6.07) is 3.48. The van der Waals surface area contributed by atoms with E-state index in [-0.39, 0.29) is 5.56 Å². The van der Waals surface area contributed by atoms with Crippen LogP contribution in [0.25, 0.3) is 0 Å². The maximum absolute atomic E-state index is 13.9. The summed E-state index contributed by atoms with van der Waals surface area (Å²) in [5.74, 6) is -1.05. The van der Waals surface area contributed by atoms with Crippen LogP contribution in [-0.2, 0) is 4.74 Å². The van der Waals surface area contributed by atoms with E-state index in [1.165, 1.54) is 18.2 Å². The summed E-state index contributed by atoms with van der Waals surface area (Å²) in [4.78, 5) is 0. The molecule has 0 spiro atoms. The van der Waals surface area contributed by atoms with Crippen molar-refractivity contribution in [1.29, 1.82) is 0 Å². The van der Waals surface area contributed by atoms with Crippen LogP contribution < -0.4 is 5.32 Å². The molecule has 1 aliphatic heterocycles. The van der Waals surface area contributed by atoms with Gasteiger partial charge in [-0.3, -0.25) is 0 Å². The number of halogens is 2. The van der Waals surface area contributed by atoms with Gasteiger partial charge in [-0.25, -0.2) is 8.78 Å². The van der Waals surface area contributed by atoms with E-state index >= 15 is 0 Å². The first-order valence-electron chi connectivity index (χ1n) is 6.33. The van der Waals surface area contributed by atoms with E-state index in [0.717, 1.165) is 19.3 Å². The fourth-order valence-corrected chi connectivity index (χ4v) is 2.72. The fourth-order valence-electron chi connectivity index (χ4n) is 2.72. The van der Waals surface area contributed by atoms with Gasteiger partial charge in [0.2, 0.25) is 0 Å². The second-order valence-corrected chi connectivity index (χ2v) is 4.98. The van der Waals surface area contributed by atoms with E-state index in [2.05, 4.69) is 5.32 Å². The Balaban J connectivity index is 2.38. The number of hydrogen-bond donors (Lipinski definition) is 1. The Morgan fingerprint density at radius 1 is 1.28 bits per heavy atom. The van der Waals surface area contributed by atoms with Crippen molar-refractivity contribution in [2.75, 3.05) is 13.7 Å². The molecule has 2 rings (SSSR count). The predicted octanol–water partition coefficient (Wildman–Crippen LogP) is 3.18. The molecule has 0 aliphatic carbocycles. The third kappa shape index (κ3) is 2.40. The molecule has 1 N–H and O–H groups in total. The third-order valence-electron chi connectivity index (χ3n) is 3.69. The molecule has 0 radical (unpaired) electrons. The first kappa shape index (κ1) is 13.4. The lowest BCUT2D eigenvalue weighted by Crippen LogP contribution is -2.45. The first-order chi connectivity index (χ1) is 8.58. The molecule has 1 aliphatic rings. The normalized spacial score (nSPS) is 26.0. The number of rotatable bonds is 3. The van der Waals surface area contributed by atoms with Gasteiger partial charge in [0.05, 0.1) is 11.6 Å². The average molecular weight is 255 g/mol. The summed E-state index contributed by atoms with van der Waals surface area (Å²) in [5.41, 5.74) is -0.486. The molecule has 0 aromatic heterocycles. The highest BCUT2D eigenvalue weighted by Gasteiger charge is 2.39. The number of likely N-dealkylation sites (N-methyl/N-ethyl adjacent to an activating group) is 1. The number of hydrogen-bond acceptors (Lipinski definition) is 2. The van der Waals surface area contributed by atoms with Gasteiger partial charge in [0.25, 0.3) is 0 Å². The predicted molar refractivity (Wildman–Crippen MR) is 66.4 cm³/mol. The Bertz CT molecular complexity index is 396. The standard InChI is InChI=1S/C14H19F2NO/c1-14(8-3-4-9-18-14)13(17-2)12-10(15)6-5-7-11(12)16/h5-7,13,17H,3-4,8-9H2,1-2H3. The van der Waals surface area contributed by atoms with Crippen molar-refractivity contribution >= 4 is 0 Å². The first-order valence-corrected chi connectivity index (χ1v) is 6.33. The molecule has 1 fully saturated rings. The smallest absolute Gasteiger partial charge is 0.131 e. The molecular weight excluding hydrogens is 236 g/mol. The molecule has 0 bridgehead atoms. The summed E-state index contributed by atoms with van der Waals surface area (Å²) < 4.78 is 33.5. The molecule has 4 heteroatoms. The zero-order valence-corrected chi connectivity index (χ0v) is 10.8. The average Bonchev–Trinajstić information content (AvgIpc) is 2.34. The summed E-state index contributed by atoms with van der Waals surface area (Å²) in [5, 5.41) is 3.01. The van der Waals surface area contributed by atoms with Crippen molar-refractivity contribution in [2.24, 2.45) is 0 Å². The molecule has 2 atom stereocenters. The second-order valence-electron chi connectivity index (χ2n) is 4.98. The minimum absolute atomic E-state index is 0.0735. The number of ether oxygens (including phenoxy) is 1. The van der Waals surface area contributed by atoms with Crippen molar-refractivity contribution in [3.8, 4) is 0 Å². The van der Waals surface area contributed by atoms with E-state index < -0.39 is 23.3 Å². The zero-order chi connectivity index (χ0) is 13.2. The van der Waals surface area contributed by atoms with Gasteiger partial charge < -0.3 is 10.1 Å². The van der Waals surface area contributed by atoms with Gasteiger partial charge >= 0.3 is 0 Å². The number of benzene rings is 1. The van der Waals surface area contributed by atoms with Gasteiger partial charge in [-0.2, -0.15) is 0 Å². The van der Waals surface area contributed by atoms with Crippen LogP contribution in [0.2, 0.25) is 0 Å². The zero-order valence-electron chi connectivity index (χ0n) is 10.8. The Morgan fingerprint density at radius 3 is 2.44 bits per heavy atom. The minimum Gasteiger partial charge on any atom is -0.373 e. The molecule has 1 saturated heterocycles. The summed E-state index contributed by atoms with van der Waals surface area (Å²) >= 11 is 0. The highest BCUT2D eigenvalue weighted by molar-refractivity contribution is 5.26. The van der Waals surface area contributed by atoms with E-state index in [4.69, 9.17) is 4.74 Å². The molecule has 1 aromatic carbocycles. The van der Waals surface area contributed by atoms with Crippen LogP contribution in [-0.4, -0.2) is 19.3 Å². The van der Waals surface area contributed by atoms with Crippen molar-refractivity contribution in [2.45, 2.75) is 37.8 Å². The highest BCUT2D eigenvalue weighted by Crippen LogP contribution is 2.38. The van der Waals surface area contributed by atoms with E-state index in [1.54, 1.807) is 7.05 Å². The van der Waals surface area contributed by atoms with Crippen molar-refractivity contribution < 1.29 is 13.5 Å². The largest absolute Gasteiger partial charge is 0.373 e. The Hall–Kier alpha value is -1.00. The van der Waals surface area contributed by atoms with Crippen LogP contribution >= 0.6 is 0 Å². The van der Waals surface area contributed by atoms with Gasteiger partial charge in [0, 0.05) is 12.2 Å². The van der Waals surface area contributed by atoms with Gasteiger partial charge in [0.15, 0.2) is 0 Å². The third-order valence-corrected chi connectivity index (χ3v) is 3.69. The molecule has 1 aromatic rings. The van der Waals surface area contributed by atoms with Crippen LogP contribution in [0.4, 0.5) is 8.78 Å². The van der Waals surface area contributed by atoms with Crippen molar-refractivity contribution in [1.82, 2.24) is 5.32 Å². The Kier molecular flexibility index (Phi) is 3.97. The van der Waals surface area contributed by atoms with E-state index in [0.29, 0.717) is 6.61 Å². The Morgan fingerprint density at radius 2 is 1.94 bits per heavy atom. The summed E-state index contributed by atoms with van der Waals surface area (Å²) in [6.45, 7) is 2.56. The van der Waals surface area contributed by atoms with Crippen LogP contribution in [0.1, 0.15) is 37.8 Å². The fraction of sp³-hybridized carbons (Fsp3) is 0.571. The topological polar surface area (TPSA) is 21.3 Å². The van der Waals surface area contributed by atoms with Crippen LogP contribution in [0.15, 0.2) is 18.2 Å². The van der Waals surface area contributed by atoms with Gasteiger partial charge in [-0.1, -0.05) is 6.07 Å². The maximum atomic E-state index is 13.9. The molecule has 1 heterocycles. The molecule has 0 amide bonds. The molecule has 100 valence electrons. The van der Waals surface area contributed by atoms with Gasteiger partial charge in [0.1, 0.15) is 11.6 Å². The SMILES string of the molecule is CNC(c1c(F)cccc1F)C1(C)CCCCO1. The van der Waals surface area contributed by atoms with Gasteiger partial charge in [-0.05, 0) is 45.4 Å². The summed E-state index contributed by atoms with van der Waals surface area (Å²) in [7, 11) is 1.71. The monoisotopic (exact) mass is 255 g/mol. The second kappa shape index (κ2) is 5.33. The number of nitrogens with one attached hydrogen (secondary N) is 1.